The Morgan fingerprint density at radius 3 is 2.40 bits per heavy atom. The first kappa shape index (κ1) is 26.5. The lowest BCUT2D eigenvalue weighted by Crippen LogP contribution is -2.38. The smallest absolute Gasteiger partial charge is 0.266 e. The number of fused-ring (bicyclic) bond motifs is 1. The van der Waals surface area contributed by atoms with Crippen LogP contribution in [0.15, 0.2) is 53.3 Å². The van der Waals surface area contributed by atoms with Crippen LogP contribution >= 0.6 is 0 Å². The first-order valence-electron chi connectivity index (χ1n) is 12.5. The van der Waals surface area contributed by atoms with E-state index in [1.54, 1.807) is 17.7 Å². The van der Waals surface area contributed by atoms with Crippen molar-refractivity contribution in [3.63, 3.8) is 0 Å². The van der Waals surface area contributed by atoms with E-state index in [1.807, 2.05) is 54.3 Å². The number of methoxy groups -OCH3 is 1. The number of aromatic nitrogens is 2. The van der Waals surface area contributed by atoms with E-state index in [4.69, 9.17) is 9.72 Å². The molecule has 3 rings (SSSR count). The monoisotopic (exact) mass is 477 g/mol. The van der Waals surface area contributed by atoms with Crippen molar-refractivity contribution in [3.05, 3.63) is 64.7 Å². The second-order valence-corrected chi connectivity index (χ2v) is 10.6. The van der Waals surface area contributed by atoms with Crippen molar-refractivity contribution in [2.75, 3.05) is 13.7 Å². The third-order valence-electron chi connectivity index (χ3n) is 6.24. The van der Waals surface area contributed by atoms with Crippen molar-refractivity contribution in [2.24, 2.45) is 11.3 Å². The summed E-state index contributed by atoms with van der Waals surface area (Å²) in [6.07, 6.45) is 2.25. The van der Waals surface area contributed by atoms with Crippen LogP contribution in [0.25, 0.3) is 16.6 Å². The summed E-state index contributed by atoms with van der Waals surface area (Å²) in [5.41, 5.74) is 1.22. The molecule has 1 aromatic heterocycles. The number of carbonyl (C=O) groups is 1. The lowest BCUT2D eigenvalue weighted by atomic mass is 9.84. The topological polar surface area (TPSA) is 64.4 Å². The van der Waals surface area contributed by atoms with E-state index in [1.165, 1.54) is 0 Å². The maximum absolute atomic E-state index is 13.8. The molecule has 0 saturated heterocycles. The molecule has 2 atom stereocenters. The molecule has 6 heteroatoms. The van der Waals surface area contributed by atoms with Crippen LogP contribution < -0.4 is 10.3 Å². The first-order valence-corrected chi connectivity index (χ1v) is 12.5. The van der Waals surface area contributed by atoms with Crippen LogP contribution in [0.5, 0.6) is 5.75 Å². The molecule has 0 aliphatic carbocycles. The lowest BCUT2D eigenvalue weighted by Gasteiger charge is -2.32. The minimum Gasteiger partial charge on any atom is -0.495 e. The molecule has 0 radical (unpaired) electrons. The molecule has 6 nitrogen and oxygen atoms in total. The minimum atomic E-state index is -0.397. The van der Waals surface area contributed by atoms with Crippen molar-refractivity contribution >= 4 is 16.8 Å². The Bertz CT molecular complexity index is 1230. The first-order chi connectivity index (χ1) is 16.6. The number of amides is 1. The third-order valence-corrected chi connectivity index (χ3v) is 6.24. The Hall–Kier alpha value is -3.15. The molecule has 1 heterocycles. The molecule has 188 valence electrons. The molecule has 2 aromatic carbocycles. The van der Waals surface area contributed by atoms with Gasteiger partial charge in [-0.25, -0.2) is 4.98 Å². The van der Waals surface area contributed by atoms with Crippen LogP contribution in [0, 0.1) is 11.3 Å². The predicted molar refractivity (Wildman–Crippen MR) is 142 cm³/mol. The molecule has 0 aliphatic rings. The van der Waals surface area contributed by atoms with Gasteiger partial charge in [-0.2, -0.15) is 0 Å². The highest BCUT2D eigenvalue weighted by molar-refractivity contribution is 5.79. The minimum absolute atomic E-state index is 0.0880. The van der Waals surface area contributed by atoms with Gasteiger partial charge in [-0.1, -0.05) is 58.9 Å². The summed E-state index contributed by atoms with van der Waals surface area (Å²) < 4.78 is 7.20. The van der Waals surface area contributed by atoms with E-state index in [-0.39, 0.29) is 22.8 Å². The zero-order valence-corrected chi connectivity index (χ0v) is 22.2. The Balaban J connectivity index is 2.13. The van der Waals surface area contributed by atoms with Gasteiger partial charge in [0, 0.05) is 13.0 Å². The Morgan fingerprint density at radius 2 is 1.74 bits per heavy atom. The molecule has 2 unspecified atom stereocenters. The van der Waals surface area contributed by atoms with E-state index >= 15 is 0 Å². The number of rotatable bonds is 9. The number of benzene rings is 2. The van der Waals surface area contributed by atoms with Gasteiger partial charge in [-0.05, 0) is 55.4 Å². The molecule has 0 bridgehead atoms. The summed E-state index contributed by atoms with van der Waals surface area (Å²) in [4.78, 5) is 34.1. The van der Waals surface area contributed by atoms with Crippen LogP contribution in [-0.4, -0.2) is 34.0 Å². The fourth-order valence-electron chi connectivity index (χ4n) is 4.92. The van der Waals surface area contributed by atoms with Crippen LogP contribution in [0.1, 0.15) is 72.7 Å². The Labute approximate surface area is 208 Å². The zero-order chi connectivity index (χ0) is 25.8. The maximum atomic E-state index is 13.8. The van der Waals surface area contributed by atoms with E-state index in [0.29, 0.717) is 41.1 Å². The highest BCUT2D eigenvalue weighted by Crippen LogP contribution is 2.30. The number of para-hydroxylation sites is 3. The third kappa shape index (κ3) is 6.11. The molecule has 0 aliphatic heterocycles. The Kier molecular flexibility index (Phi) is 8.36. The van der Waals surface area contributed by atoms with Crippen molar-refractivity contribution in [3.8, 4) is 11.4 Å². The maximum Gasteiger partial charge on any atom is 0.266 e. The number of hydrogen-bond acceptors (Lipinski definition) is 4. The van der Waals surface area contributed by atoms with Crippen LogP contribution in [0.4, 0.5) is 0 Å². The van der Waals surface area contributed by atoms with E-state index in [0.717, 1.165) is 12.8 Å². The van der Waals surface area contributed by atoms with E-state index < -0.39 is 6.04 Å². The normalized spacial score (nSPS) is 13.5. The summed E-state index contributed by atoms with van der Waals surface area (Å²) in [7, 11) is 1.59. The molecule has 0 N–H and O–H groups in total. The van der Waals surface area contributed by atoms with Gasteiger partial charge in [0.25, 0.3) is 5.56 Å². The fourth-order valence-corrected chi connectivity index (χ4v) is 4.92. The average molecular weight is 478 g/mol. The summed E-state index contributed by atoms with van der Waals surface area (Å²) in [6, 6.07) is 14.4. The number of ether oxygens (including phenoxy) is 1. The van der Waals surface area contributed by atoms with E-state index in [9.17, 15) is 9.59 Å². The highest BCUT2D eigenvalue weighted by atomic mass is 16.5. The molecule has 0 spiro atoms. The van der Waals surface area contributed by atoms with Crippen molar-refractivity contribution in [1.82, 2.24) is 14.5 Å². The van der Waals surface area contributed by atoms with Gasteiger partial charge < -0.3 is 9.64 Å². The molecule has 0 fully saturated rings. The summed E-state index contributed by atoms with van der Waals surface area (Å²) in [5, 5.41) is 0.529. The number of hydrogen-bond donors (Lipinski definition) is 0. The second kappa shape index (κ2) is 11.1. The van der Waals surface area contributed by atoms with Gasteiger partial charge >= 0.3 is 0 Å². The van der Waals surface area contributed by atoms with Crippen LogP contribution in [-0.2, 0) is 4.79 Å². The predicted octanol–water partition coefficient (Wildman–Crippen LogP) is 6.16. The van der Waals surface area contributed by atoms with Gasteiger partial charge in [0.15, 0.2) is 0 Å². The summed E-state index contributed by atoms with van der Waals surface area (Å²) in [5.74, 6) is 1.45. The highest BCUT2D eigenvalue weighted by Gasteiger charge is 2.28. The van der Waals surface area contributed by atoms with Gasteiger partial charge in [-0.3, -0.25) is 14.2 Å². The standard InChI is InChI=1S/C29H39N3O3/c1-8-17-31(26(33)18-20(2)19-29(4,5)6)21(3)27-30-23-14-10-9-13-22(23)28(34)32(27)24-15-11-12-16-25(24)35-7/h9-16,20-21H,8,17-19H2,1-7H3. The van der Waals surface area contributed by atoms with Crippen LogP contribution in [0.2, 0.25) is 0 Å². The van der Waals surface area contributed by atoms with Gasteiger partial charge in [0.2, 0.25) is 5.91 Å². The molecule has 3 aromatic rings. The summed E-state index contributed by atoms with van der Waals surface area (Å²) >= 11 is 0. The average Bonchev–Trinajstić information content (AvgIpc) is 2.80. The number of carbonyl (C=O) groups excluding carboxylic acids is 1. The Morgan fingerprint density at radius 1 is 1.09 bits per heavy atom. The molecule has 1 amide bonds. The van der Waals surface area contributed by atoms with Crippen LogP contribution in [0.3, 0.4) is 0 Å². The quantitative estimate of drug-likeness (QED) is 0.370. The molecular formula is C29H39N3O3. The van der Waals surface area contributed by atoms with Gasteiger partial charge in [0.1, 0.15) is 11.6 Å². The SMILES string of the molecule is CCCN(C(=O)CC(C)CC(C)(C)C)C(C)c1nc2ccccc2c(=O)n1-c1ccccc1OC. The van der Waals surface area contributed by atoms with Gasteiger partial charge in [0.05, 0.1) is 29.7 Å². The molecule has 35 heavy (non-hydrogen) atoms. The fraction of sp³-hybridized carbons (Fsp3) is 0.483. The number of nitrogens with zero attached hydrogens (tertiary/aromatic N) is 3. The van der Waals surface area contributed by atoms with Crippen molar-refractivity contribution in [1.29, 1.82) is 0 Å². The second-order valence-electron chi connectivity index (χ2n) is 10.6. The summed E-state index contributed by atoms with van der Waals surface area (Å²) in [6.45, 7) is 13.4. The molecule has 0 saturated carbocycles. The van der Waals surface area contributed by atoms with Crippen molar-refractivity contribution < 1.29 is 9.53 Å². The zero-order valence-electron chi connectivity index (χ0n) is 22.2. The van der Waals surface area contributed by atoms with E-state index in [2.05, 4.69) is 34.6 Å². The van der Waals surface area contributed by atoms with Gasteiger partial charge in [-0.15, -0.1) is 0 Å². The largest absolute Gasteiger partial charge is 0.495 e. The van der Waals surface area contributed by atoms with Crippen molar-refractivity contribution in [2.45, 2.75) is 66.8 Å². The lowest BCUT2D eigenvalue weighted by molar-refractivity contribution is -0.134. The molecular weight excluding hydrogens is 438 g/mol.